The fourth-order valence-corrected chi connectivity index (χ4v) is 3.77. The molecule has 9 heteroatoms. The molecule has 1 unspecified atom stereocenters. The summed E-state index contributed by atoms with van der Waals surface area (Å²) < 4.78 is 24.2. The summed E-state index contributed by atoms with van der Waals surface area (Å²) in [6, 6.07) is 6.08. The minimum absolute atomic E-state index is 0. The van der Waals surface area contributed by atoms with Crippen molar-refractivity contribution in [3.05, 3.63) is 36.0 Å². The second kappa shape index (κ2) is 8.55. The van der Waals surface area contributed by atoms with Crippen molar-refractivity contribution in [3.63, 3.8) is 0 Å². The van der Waals surface area contributed by atoms with E-state index in [2.05, 4.69) is 10.1 Å². The van der Waals surface area contributed by atoms with Crippen molar-refractivity contribution >= 4 is 18.3 Å². The number of amides is 1. The molecular weight excluding hydrogens is 387 g/mol. The lowest BCUT2D eigenvalue weighted by atomic mass is 9.88. The molecule has 3 heterocycles. The average molecular weight is 411 g/mol. The molecule has 2 aliphatic heterocycles. The zero-order valence-corrected chi connectivity index (χ0v) is 16.3. The van der Waals surface area contributed by atoms with Crippen molar-refractivity contribution in [2.45, 2.75) is 37.1 Å². The van der Waals surface area contributed by atoms with Gasteiger partial charge in [-0.05, 0) is 37.8 Å². The van der Waals surface area contributed by atoms with Crippen LogP contribution in [0.1, 0.15) is 37.5 Å². The predicted octanol–water partition coefficient (Wildman–Crippen LogP) is 2.51. The smallest absolute Gasteiger partial charge is 0.242 e. The summed E-state index contributed by atoms with van der Waals surface area (Å²) in [5.41, 5.74) is 6.07. The Kier molecular flexibility index (Phi) is 6.32. The minimum atomic E-state index is -0.846. The molecule has 0 aliphatic carbocycles. The zero-order valence-electron chi connectivity index (χ0n) is 15.5. The largest absolute Gasteiger partial charge is 0.381 e. The van der Waals surface area contributed by atoms with Gasteiger partial charge in [0.2, 0.25) is 17.6 Å². The highest BCUT2D eigenvalue weighted by molar-refractivity contribution is 5.86. The van der Waals surface area contributed by atoms with E-state index in [1.807, 2.05) is 4.90 Å². The van der Waals surface area contributed by atoms with E-state index in [1.54, 1.807) is 12.1 Å². The number of piperidine rings is 1. The summed E-state index contributed by atoms with van der Waals surface area (Å²) in [4.78, 5) is 19.2. The first-order valence-electron chi connectivity index (χ1n) is 9.31. The van der Waals surface area contributed by atoms with E-state index in [0.29, 0.717) is 56.4 Å². The molecular formula is C19H24ClFN4O3. The van der Waals surface area contributed by atoms with Crippen molar-refractivity contribution < 1.29 is 18.4 Å². The molecule has 2 aromatic rings. The van der Waals surface area contributed by atoms with Crippen LogP contribution in [0.15, 0.2) is 28.8 Å². The van der Waals surface area contributed by atoms with Gasteiger partial charge in [-0.2, -0.15) is 4.98 Å². The number of hydrogen-bond acceptors (Lipinski definition) is 6. The molecule has 7 nitrogen and oxygen atoms in total. The highest BCUT2D eigenvalue weighted by atomic mass is 35.5. The molecule has 2 N–H and O–H groups in total. The maximum atomic E-state index is 13.4. The van der Waals surface area contributed by atoms with Crippen LogP contribution in [0.2, 0.25) is 0 Å². The molecule has 0 saturated carbocycles. The summed E-state index contributed by atoms with van der Waals surface area (Å²) in [7, 11) is 0. The van der Waals surface area contributed by atoms with Gasteiger partial charge in [0.25, 0.3) is 0 Å². The third-order valence-corrected chi connectivity index (χ3v) is 5.39. The van der Waals surface area contributed by atoms with Gasteiger partial charge in [-0.25, -0.2) is 4.39 Å². The van der Waals surface area contributed by atoms with E-state index in [4.69, 9.17) is 15.0 Å². The van der Waals surface area contributed by atoms with Gasteiger partial charge < -0.3 is 19.9 Å². The molecule has 2 aliphatic rings. The molecule has 1 aromatic carbocycles. The van der Waals surface area contributed by atoms with E-state index < -0.39 is 5.54 Å². The Bertz CT molecular complexity index is 825. The van der Waals surface area contributed by atoms with Gasteiger partial charge in [-0.3, -0.25) is 4.79 Å². The summed E-state index contributed by atoms with van der Waals surface area (Å²) in [6.07, 6.45) is 2.78. The maximum absolute atomic E-state index is 13.4. The second-order valence-corrected chi connectivity index (χ2v) is 7.33. The second-order valence-electron chi connectivity index (χ2n) is 7.33. The lowest BCUT2D eigenvalue weighted by molar-refractivity contribution is -0.142. The summed E-state index contributed by atoms with van der Waals surface area (Å²) >= 11 is 0. The molecule has 152 valence electrons. The number of ether oxygens (including phenoxy) is 1. The molecule has 1 aromatic heterocycles. The first-order valence-corrected chi connectivity index (χ1v) is 9.31. The number of carbonyl (C=O) groups excluding carboxylic acids is 1. The van der Waals surface area contributed by atoms with E-state index in [1.165, 1.54) is 12.1 Å². The number of nitrogens with zero attached hydrogens (tertiary/aromatic N) is 3. The van der Waals surface area contributed by atoms with Crippen LogP contribution in [0.5, 0.6) is 0 Å². The molecule has 0 spiro atoms. The molecule has 1 amide bonds. The lowest BCUT2D eigenvalue weighted by Gasteiger charge is -2.39. The van der Waals surface area contributed by atoms with Crippen LogP contribution in [0.4, 0.5) is 4.39 Å². The summed E-state index contributed by atoms with van der Waals surface area (Å²) in [5.74, 6) is 0.414. The Labute approximate surface area is 168 Å². The number of nitrogens with two attached hydrogens (primary N) is 1. The minimum Gasteiger partial charge on any atom is -0.381 e. The first-order chi connectivity index (χ1) is 13.0. The van der Waals surface area contributed by atoms with Crippen LogP contribution in [-0.2, 0) is 9.53 Å². The van der Waals surface area contributed by atoms with Crippen LogP contribution in [0.3, 0.4) is 0 Å². The Balaban J connectivity index is 0.00000225. The summed E-state index contributed by atoms with van der Waals surface area (Å²) in [5, 5.41) is 3.98. The molecule has 1 atom stereocenters. The standard InChI is InChI=1S/C19H23FN4O3.ClH/c20-15-5-1-3-13(11-15)16-22-17(27-23-16)14-4-2-8-24(12-14)18(25)19(21)6-9-26-10-7-19;/h1,3,5,11,14H,2,4,6-10,12,21H2;1H. The monoisotopic (exact) mass is 410 g/mol. The number of rotatable bonds is 3. The Morgan fingerprint density at radius 1 is 1.32 bits per heavy atom. The topological polar surface area (TPSA) is 94.5 Å². The zero-order chi connectivity index (χ0) is 18.9. The third kappa shape index (κ3) is 4.19. The highest BCUT2D eigenvalue weighted by Crippen LogP contribution is 2.30. The SMILES string of the molecule is Cl.NC1(C(=O)N2CCCC(c3nc(-c4cccc(F)c4)no3)C2)CCOCC1. The maximum Gasteiger partial charge on any atom is 0.242 e. The quantitative estimate of drug-likeness (QED) is 0.835. The summed E-state index contributed by atoms with van der Waals surface area (Å²) in [6.45, 7) is 2.21. The number of halogens is 2. The van der Waals surface area contributed by atoms with Gasteiger partial charge in [0.15, 0.2) is 0 Å². The van der Waals surface area contributed by atoms with Crippen molar-refractivity contribution in [1.29, 1.82) is 0 Å². The van der Waals surface area contributed by atoms with Crippen molar-refractivity contribution in [2.24, 2.45) is 5.73 Å². The highest BCUT2D eigenvalue weighted by Gasteiger charge is 2.41. The predicted molar refractivity (Wildman–Crippen MR) is 102 cm³/mol. The number of aromatic nitrogens is 2. The van der Waals surface area contributed by atoms with Gasteiger partial charge in [-0.1, -0.05) is 17.3 Å². The van der Waals surface area contributed by atoms with Gasteiger partial charge >= 0.3 is 0 Å². The Morgan fingerprint density at radius 2 is 2.11 bits per heavy atom. The number of likely N-dealkylation sites (tertiary alicyclic amines) is 1. The molecule has 2 saturated heterocycles. The van der Waals surface area contributed by atoms with Crippen LogP contribution < -0.4 is 5.73 Å². The van der Waals surface area contributed by atoms with Crippen LogP contribution in [0, 0.1) is 5.82 Å². The van der Waals surface area contributed by atoms with E-state index in [-0.39, 0.29) is 30.0 Å². The van der Waals surface area contributed by atoms with Crippen LogP contribution in [0.25, 0.3) is 11.4 Å². The Morgan fingerprint density at radius 3 is 2.86 bits per heavy atom. The number of hydrogen-bond donors (Lipinski definition) is 1. The normalized spacial score (nSPS) is 21.8. The fraction of sp³-hybridized carbons (Fsp3) is 0.526. The van der Waals surface area contributed by atoms with Crippen molar-refractivity contribution in [2.75, 3.05) is 26.3 Å². The number of carbonyl (C=O) groups is 1. The first kappa shape index (κ1) is 20.7. The molecule has 0 radical (unpaired) electrons. The lowest BCUT2D eigenvalue weighted by Crippen LogP contribution is -2.59. The van der Waals surface area contributed by atoms with Gasteiger partial charge in [0, 0.05) is 31.9 Å². The molecule has 28 heavy (non-hydrogen) atoms. The van der Waals surface area contributed by atoms with Crippen LogP contribution >= 0.6 is 12.4 Å². The number of benzene rings is 1. The van der Waals surface area contributed by atoms with E-state index >= 15 is 0 Å². The van der Waals surface area contributed by atoms with E-state index in [0.717, 1.165) is 12.8 Å². The van der Waals surface area contributed by atoms with Gasteiger partial charge in [0.1, 0.15) is 5.82 Å². The molecule has 4 rings (SSSR count). The molecule has 2 fully saturated rings. The molecule has 0 bridgehead atoms. The average Bonchev–Trinajstić information content (AvgIpc) is 3.18. The Hall–Kier alpha value is -2.03. The van der Waals surface area contributed by atoms with Crippen molar-refractivity contribution in [1.82, 2.24) is 15.0 Å². The van der Waals surface area contributed by atoms with Gasteiger partial charge in [-0.15, -0.1) is 12.4 Å². The third-order valence-electron chi connectivity index (χ3n) is 5.39. The van der Waals surface area contributed by atoms with Gasteiger partial charge in [0.05, 0.1) is 11.5 Å². The van der Waals surface area contributed by atoms with Crippen LogP contribution in [-0.4, -0.2) is 52.8 Å². The van der Waals surface area contributed by atoms with Crippen molar-refractivity contribution in [3.8, 4) is 11.4 Å². The van der Waals surface area contributed by atoms with E-state index in [9.17, 15) is 9.18 Å². The fourth-order valence-electron chi connectivity index (χ4n) is 3.77.